The van der Waals surface area contributed by atoms with Gasteiger partial charge in [-0.15, -0.1) is 29.3 Å². The van der Waals surface area contributed by atoms with Crippen molar-refractivity contribution < 1.29 is 26.2 Å². The predicted octanol–water partition coefficient (Wildman–Crippen LogP) is 14.0. The molecule has 14 aromatic rings. The number of aromatic hydroxyl groups is 1. The maximum atomic E-state index is 13.1. The average Bonchev–Trinajstić information content (AvgIpc) is 3.88. The minimum absolute atomic E-state index is 0. The minimum atomic E-state index is -0.148. The first kappa shape index (κ1) is 36.4. The molecule has 0 aliphatic rings. The van der Waals surface area contributed by atoms with Crippen LogP contribution in [0.25, 0.3) is 127 Å². The molecule has 302 valence electrons. The van der Waals surface area contributed by atoms with Crippen LogP contribution < -0.4 is 0 Å². The third-order valence-electron chi connectivity index (χ3n) is 13.5. The van der Waals surface area contributed by atoms with Crippen molar-refractivity contribution >= 4 is 93.0 Å². The van der Waals surface area contributed by atoms with E-state index in [1.54, 1.807) is 0 Å². The quantitative estimate of drug-likeness (QED) is 0.109. The molecule has 0 atom stereocenters. The monoisotopic (exact) mass is 989 g/mol. The fourth-order valence-electron chi connectivity index (χ4n) is 10.7. The molecule has 7 heteroatoms. The van der Waals surface area contributed by atoms with Crippen LogP contribution in [0.4, 0.5) is 0 Å². The molecule has 6 nitrogen and oxygen atoms in total. The van der Waals surface area contributed by atoms with Crippen molar-refractivity contribution in [3.63, 3.8) is 0 Å². The first-order chi connectivity index (χ1) is 30.3. The smallest absolute Gasteiger partial charge is 0.149 e. The maximum Gasteiger partial charge on any atom is 0.149 e. The fraction of sp³-hybridized carbons (Fsp3) is 0.0714. The van der Waals surface area contributed by atoms with E-state index in [2.05, 4.69) is 186 Å². The number of aromatic nitrogens is 5. The number of para-hydroxylation sites is 4. The van der Waals surface area contributed by atoms with E-state index in [-0.39, 0.29) is 32.2 Å². The Morgan fingerprint density at radius 3 is 2.00 bits per heavy atom. The number of hydrogen-bond donors (Lipinski definition) is 1. The van der Waals surface area contributed by atoms with Gasteiger partial charge in [-0.05, 0) is 64.4 Å². The molecule has 0 radical (unpaired) electrons. The van der Waals surface area contributed by atoms with Gasteiger partial charge in [-0.1, -0.05) is 129 Å². The van der Waals surface area contributed by atoms with Crippen molar-refractivity contribution in [3.8, 4) is 39.3 Å². The summed E-state index contributed by atoms with van der Waals surface area (Å²) < 4.78 is 7.08. The van der Waals surface area contributed by atoms with Crippen LogP contribution in [0.3, 0.4) is 0 Å². The van der Waals surface area contributed by atoms with E-state index in [1.807, 2.05) is 12.3 Å². The summed E-state index contributed by atoms with van der Waals surface area (Å²) in [4.78, 5) is 10.5. The number of pyridine rings is 3. The molecular weight excluding hydrogens is 954 g/mol. The van der Waals surface area contributed by atoms with Gasteiger partial charge in [0, 0.05) is 54.5 Å². The average molecular weight is 990 g/mol. The molecule has 0 spiro atoms. The van der Waals surface area contributed by atoms with Gasteiger partial charge in [0.05, 0.1) is 60.4 Å². The number of imidazole rings is 1. The zero-order valence-electron chi connectivity index (χ0n) is 34.5. The number of benzene rings is 8. The molecule has 0 amide bonds. The molecule has 0 bridgehead atoms. The number of phenols is 1. The van der Waals surface area contributed by atoms with E-state index in [4.69, 9.17) is 9.97 Å². The molecule has 6 heterocycles. The molecule has 0 aliphatic carbocycles. The number of rotatable bonds is 3. The van der Waals surface area contributed by atoms with Crippen LogP contribution in [0.5, 0.6) is 5.75 Å². The van der Waals surface area contributed by atoms with Crippen LogP contribution in [0.15, 0.2) is 158 Å². The van der Waals surface area contributed by atoms with E-state index in [1.165, 1.54) is 10.9 Å². The van der Waals surface area contributed by atoms with Gasteiger partial charge < -0.3 is 13.9 Å². The summed E-state index contributed by atoms with van der Waals surface area (Å²) in [6, 6.07) is 57.7. The van der Waals surface area contributed by atoms with Crippen molar-refractivity contribution in [1.82, 2.24) is 23.2 Å². The Morgan fingerprint density at radius 2 is 1.19 bits per heavy atom. The van der Waals surface area contributed by atoms with Crippen LogP contribution in [0.2, 0.25) is 0 Å². The van der Waals surface area contributed by atoms with Gasteiger partial charge >= 0.3 is 0 Å². The van der Waals surface area contributed by atoms with Gasteiger partial charge in [-0.2, -0.15) is 0 Å². The molecule has 14 rings (SSSR count). The van der Waals surface area contributed by atoms with Gasteiger partial charge in [0.2, 0.25) is 0 Å². The van der Waals surface area contributed by atoms with E-state index in [0.29, 0.717) is 0 Å². The SMILES string of the molecule is CC(C)(C)c1cc(-c2cc(-c3ccccc3)ccn2)[c-]c(-c2cccc3c2nc2c4c(O)c5c6ccccc6n6c7ccccc7n7c8cccc9ccc(c(c98)c4c7c56)n32)c1.[Pt]. The van der Waals surface area contributed by atoms with E-state index in [9.17, 15) is 5.11 Å². The van der Waals surface area contributed by atoms with Crippen LogP contribution in [-0.2, 0) is 26.5 Å². The van der Waals surface area contributed by atoms with Crippen LogP contribution in [0, 0.1) is 6.07 Å². The van der Waals surface area contributed by atoms with Gasteiger partial charge in [0.25, 0.3) is 0 Å². The topological polar surface area (TPSA) is 59.2 Å². The minimum Gasteiger partial charge on any atom is -0.506 e. The van der Waals surface area contributed by atoms with Gasteiger partial charge in [0.15, 0.2) is 0 Å². The van der Waals surface area contributed by atoms with Crippen molar-refractivity contribution in [1.29, 1.82) is 0 Å². The molecule has 0 saturated carbocycles. The molecular formula is C56H36N5OPt-. The zero-order valence-corrected chi connectivity index (χ0v) is 36.8. The van der Waals surface area contributed by atoms with Crippen molar-refractivity contribution in [3.05, 3.63) is 169 Å². The summed E-state index contributed by atoms with van der Waals surface area (Å²) in [6.45, 7) is 6.76. The Kier molecular flexibility index (Phi) is 7.31. The van der Waals surface area contributed by atoms with Crippen LogP contribution in [0.1, 0.15) is 26.3 Å². The van der Waals surface area contributed by atoms with Crippen molar-refractivity contribution in [2.75, 3.05) is 0 Å². The molecule has 8 aromatic carbocycles. The van der Waals surface area contributed by atoms with Crippen molar-refractivity contribution in [2.24, 2.45) is 0 Å². The van der Waals surface area contributed by atoms with Gasteiger partial charge in [-0.25, -0.2) is 4.98 Å². The van der Waals surface area contributed by atoms with Crippen LogP contribution in [-0.4, -0.2) is 28.3 Å². The second kappa shape index (κ2) is 12.7. The van der Waals surface area contributed by atoms with Crippen molar-refractivity contribution in [2.45, 2.75) is 26.2 Å². The Labute approximate surface area is 375 Å². The van der Waals surface area contributed by atoms with E-state index >= 15 is 0 Å². The summed E-state index contributed by atoms with van der Waals surface area (Å²) in [5.41, 5.74) is 17.1. The largest absolute Gasteiger partial charge is 0.506 e. The third-order valence-corrected chi connectivity index (χ3v) is 13.5. The first-order valence-electron chi connectivity index (χ1n) is 21.2. The summed E-state index contributed by atoms with van der Waals surface area (Å²) >= 11 is 0. The number of hydrogen-bond acceptors (Lipinski definition) is 3. The second-order valence-electron chi connectivity index (χ2n) is 17.9. The second-order valence-corrected chi connectivity index (χ2v) is 17.9. The molecule has 1 N–H and O–H groups in total. The Morgan fingerprint density at radius 1 is 0.524 bits per heavy atom. The summed E-state index contributed by atoms with van der Waals surface area (Å²) in [6.07, 6.45) is 1.89. The number of nitrogens with zero attached hydrogens (tertiary/aromatic N) is 5. The normalized spacial score (nSPS) is 12.6. The molecule has 0 saturated heterocycles. The number of fused-ring (bicyclic) bond motifs is 12. The maximum absolute atomic E-state index is 13.1. The number of phenolic OH excluding ortho intramolecular Hbond substituents is 1. The summed E-state index contributed by atoms with van der Waals surface area (Å²) in [7, 11) is 0. The standard InChI is InChI=1S/C56H36N5O.Pt/c1-56(2,3)36-28-34(27-35(29-36)39-30-33(25-26-57-39)31-13-5-4-6-14-31)37-17-12-22-45-51(37)58-55-50-49-48-44(61(45)55)24-23-32-15-11-21-43(46(32)48)60-42-20-10-9-19-41(42)59-40-18-8-7-16-38(40)47(54(50)62)52(59)53(49)60;/h4-26,28-30,62H,1-3H3;/q-1;. The third kappa shape index (κ3) is 4.71. The Balaban J connectivity index is 0.00000402. The molecule has 0 fully saturated rings. The zero-order chi connectivity index (χ0) is 41.2. The summed E-state index contributed by atoms with van der Waals surface area (Å²) in [5, 5.41) is 20.1. The van der Waals surface area contributed by atoms with E-state index in [0.717, 1.165) is 121 Å². The Hall–Kier alpha value is -7.27. The van der Waals surface area contributed by atoms with Gasteiger partial charge in [0.1, 0.15) is 11.4 Å². The molecule has 0 aliphatic heterocycles. The Bertz CT molecular complexity index is 4210. The molecule has 63 heavy (non-hydrogen) atoms. The fourth-order valence-corrected chi connectivity index (χ4v) is 10.7. The van der Waals surface area contributed by atoms with Gasteiger partial charge in [-0.3, -0.25) is 9.38 Å². The molecule has 0 unspecified atom stereocenters. The first-order valence-corrected chi connectivity index (χ1v) is 21.2. The van der Waals surface area contributed by atoms with E-state index < -0.39 is 0 Å². The predicted molar refractivity (Wildman–Crippen MR) is 255 cm³/mol. The van der Waals surface area contributed by atoms with Crippen LogP contribution >= 0.6 is 0 Å². The molecule has 6 aromatic heterocycles. The summed E-state index contributed by atoms with van der Waals surface area (Å²) in [5.74, 6) is 0.251.